The zero-order valence-corrected chi connectivity index (χ0v) is 10.9. The summed E-state index contributed by atoms with van der Waals surface area (Å²) >= 11 is 0. The van der Waals surface area contributed by atoms with Crippen molar-refractivity contribution in [2.24, 2.45) is 0 Å². The summed E-state index contributed by atoms with van der Waals surface area (Å²) in [6.45, 7) is 6.58. The number of carbonyl (C=O) groups is 1. The van der Waals surface area contributed by atoms with Crippen molar-refractivity contribution in [3.8, 4) is 5.75 Å². The molecule has 0 spiro atoms. The van der Waals surface area contributed by atoms with E-state index in [9.17, 15) is 4.79 Å². The standard InChI is InChI=1S/C14H18O4/c1-4-17-9-18-14-10(2)7-12(8-11(14)3)5-6-13(15)16/h5-8H,4,9H2,1-3H3,(H,15,16). The number of aryl methyl sites for hydroxylation is 2. The van der Waals surface area contributed by atoms with Gasteiger partial charge in [-0.15, -0.1) is 0 Å². The number of benzene rings is 1. The molecular weight excluding hydrogens is 232 g/mol. The van der Waals surface area contributed by atoms with Gasteiger partial charge in [0.15, 0.2) is 6.79 Å². The van der Waals surface area contributed by atoms with Crippen molar-refractivity contribution in [3.05, 3.63) is 34.9 Å². The Morgan fingerprint density at radius 2 is 1.94 bits per heavy atom. The van der Waals surface area contributed by atoms with Crippen LogP contribution in [0.1, 0.15) is 23.6 Å². The number of hydrogen-bond acceptors (Lipinski definition) is 3. The maximum Gasteiger partial charge on any atom is 0.328 e. The monoisotopic (exact) mass is 250 g/mol. The van der Waals surface area contributed by atoms with Gasteiger partial charge in [-0.25, -0.2) is 4.79 Å². The Bertz CT molecular complexity index is 426. The zero-order valence-electron chi connectivity index (χ0n) is 10.9. The Balaban J connectivity index is 2.87. The van der Waals surface area contributed by atoms with E-state index in [1.807, 2.05) is 32.9 Å². The number of ether oxygens (including phenoxy) is 2. The molecule has 0 aromatic heterocycles. The normalized spacial score (nSPS) is 10.8. The SMILES string of the molecule is CCOCOc1c(C)cc(C=CC(=O)O)cc1C. The van der Waals surface area contributed by atoms with Crippen molar-refractivity contribution in [2.45, 2.75) is 20.8 Å². The molecule has 4 heteroatoms. The molecule has 1 rings (SSSR count). The predicted molar refractivity (Wildman–Crippen MR) is 69.7 cm³/mol. The van der Waals surface area contributed by atoms with Crippen LogP contribution in [-0.2, 0) is 9.53 Å². The second-order valence-electron chi connectivity index (χ2n) is 3.91. The molecule has 0 saturated carbocycles. The Hall–Kier alpha value is -1.81. The van der Waals surface area contributed by atoms with Crippen LogP contribution in [0.5, 0.6) is 5.75 Å². The molecule has 98 valence electrons. The first-order chi connectivity index (χ1) is 8.54. The fourth-order valence-corrected chi connectivity index (χ4v) is 1.66. The molecule has 0 radical (unpaired) electrons. The lowest BCUT2D eigenvalue weighted by atomic mass is 10.1. The third-order valence-electron chi connectivity index (χ3n) is 2.39. The lowest BCUT2D eigenvalue weighted by Gasteiger charge is -2.12. The zero-order chi connectivity index (χ0) is 13.5. The summed E-state index contributed by atoms with van der Waals surface area (Å²) < 4.78 is 10.7. The molecule has 0 heterocycles. The Kier molecular flexibility index (Phi) is 5.39. The molecular formula is C14H18O4. The van der Waals surface area contributed by atoms with Gasteiger partial charge < -0.3 is 14.6 Å². The van der Waals surface area contributed by atoms with Crippen LogP contribution in [0.3, 0.4) is 0 Å². The lowest BCUT2D eigenvalue weighted by molar-refractivity contribution is -0.131. The molecule has 1 N–H and O–H groups in total. The van der Waals surface area contributed by atoms with E-state index in [4.69, 9.17) is 14.6 Å². The van der Waals surface area contributed by atoms with Gasteiger partial charge in [0.1, 0.15) is 5.75 Å². The minimum Gasteiger partial charge on any atom is -0.478 e. The average molecular weight is 250 g/mol. The number of carboxylic acids is 1. The Morgan fingerprint density at radius 3 is 2.44 bits per heavy atom. The largest absolute Gasteiger partial charge is 0.478 e. The smallest absolute Gasteiger partial charge is 0.328 e. The van der Waals surface area contributed by atoms with Gasteiger partial charge in [0.05, 0.1) is 0 Å². The number of rotatable bonds is 6. The van der Waals surface area contributed by atoms with Gasteiger partial charge in [-0.1, -0.05) is 0 Å². The summed E-state index contributed by atoms with van der Waals surface area (Å²) in [5.41, 5.74) is 2.76. The molecule has 0 fully saturated rings. The summed E-state index contributed by atoms with van der Waals surface area (Å²) in [5.74, 6) is -0.169. The van der Waals surface area contributed by atoms with Crippen molar-refractivity contribution in [1.29, 1.82) is 0 Å². The second kappa shape index (κ2) is 6.81. The highest BCUT2D eigenvalue weighted by atomic mass is 16.7. The molecule has 4 nitrogen and oxygen atoms in total. The Labute approximate surface area is 107 Å². The van der Waals surface area contributed by atoms with Crippen LogP contribution < -0.4 is 4.74 Å². The molecule has 1 aromatic rings. The van der Waals surface area contributed by atoms with E-state index in [1.54, 1.807) is 6.08 Å². The van der Waals surface area contributed by atoms with E-state index >= 15 is 0 Å². The highest BCUT2D eigenvalue weighted by Gasteiger charge is 2.05. The van der Waals surface area contributed by atoms with E-state index in [0.29, 0.717) is 6.61 Å². The quantitative estimate of drug-likeness (QED) is 0.479. The Morgan fingerprint density at radius 1 is 1.33 bits per heavy atom. The molecule has 0 aliphatic heterocycles. The van der Waals surface area contributed by atoms with Crippen molar-refractivity contribution < 1.29 is 19.4 Å². The first-order valence-electron chi connectivity index (χ1n) is 5.77. The van der Waals surface area contributed by atoms with Gasteiger partial charge in [0.25, 0.3) is 0 Å². The molecule has 18 heavy (non-hydrogen) atoms. The molecule has 0 amide bonds. The first kappa shape index (κ1) is 14.3. The summed E-state index contributed by atoms with van der Waals surface area (Å²) in [6.07, 6.45) is 2.68. The number of carboxylic acid groups (broad SMARTS) is 1. The summed E-state index contributed by atoms with van der Waals surface area (Å²) in [7, 11) is 0. The molecule has 1 aromatic carbocycles. The van der Waals surface area contributed by atoms with Gasteiger partial charge in [0.2, 0.25) is 0 Å². The number of hydrogen-bond donors (Lipinski definition) is 1. The van der Waals surface area contributed by atoms with Crippen LogP contribution in [0, 0.1) is 13.8 Å². The highest BCUT2D eigenvalue weighted by Crippen LogP contribution is 2.25. The summed E-state index contributed by atoms with van der Waals surface area (Å²) in [4.78, 5) is 10.5. The maximum atomic E-state index is 10.5. The lowest BCUT2D eigenvalue weighted by Crippen LogP contribution is -2.04. The van der Waals surface area contributed by atoms with E-state index in [-0.39, 0.29) is 6.79 Å². The summed E-state index contributed by atoms with van der Waals surface area (Å²) in [6, 6.07) is 3.77. The van der Waals surface area contributed by atoms with Crippen LogP contribution in [0.4, 0.5) is 0 Å². The fraction of sp³-hybridized carbons (Fsp3) is 0.357. The molecule has 0 bridgehead atoms. The molecule has 0 aliphatic carbocycles. The van der Waals surface area contributed by atoms with Crippen molar-refractivity contribution in [2.75, 3.05) is 13.4 Å². The minimum atomic E-state index is -0.957. The van der Waals surface area contributed by atoms with Crippen LogP contribution in [0.15, 0.2) is 18.2 Å². The van der Waals surface area contributed by atoms with Crippen LogP contribution >= 0.6 is 0 Å². The predicted octanol–water partition coefficient (Wildman–Crippen LogP) is 2.77. The minimum absolute atomic E-state index is 0.225. The topological polar surface area (TPSA) is 55.8 Å². The van der Waals surface area contributed by atoms with Crippen LogP contribution in [-0.4, -0.2) is 24.5 Å². The van der Waals surface area contributed by atoms with E-state index in [2.05, 4.69) is 0 Å². The molecule has 0 atom stereocenters. The van der Waals surface area contributed by atoms with Gasteiger partial charge in [-0.3, -0.25) is 0 Å². The fourth-order valence-electron chi connectivity index (χ4n) is 1.66. The average Bonchev–Trinajstić information content (AvgIpc) is 2.30. The van der Waals surface area contributed by atoms with E-state index < -0.39 is 5.97 Å². The highest BCUT2D eigenvalue weighted by molar-refractivity contribution is 5.85. The van der Waals surface area contributed by atoms with Gasteiger partial charge in [0, 0.05) is 12.7 Å². The van der Waals surface area contributed by atoms with E-state index in [1.165, 1.54) is 0 Å². The molecule has 0 aliphatic rings. The van der Waals surface area contributed by atoms with Crippen molar-refractivity contribution in [1.82, 2.24) is 0 Å². The van der Waals surface area contributed by atoms with Crippen LogP contribution in [0.2, 0.25) is 0 Å². The first-order valence-corrected chi connectivity index (χ1v) is 5.77. The van der Waals surface area contributed by atoms with Gasteiger partial charge >= 0.3 is 5.97 Å². The van der Waals surface area contributed by atoms with Crippen molar-refractivity contribution in [3.63, 3.8) is 0 Å². The maximum absolute atomic E-state index is 10.5. The van der Waals surface area contributed by atoms with Crippen LogP contribution in [0.25, 0.3) is 6.08 Å². The third-order valence-corrected chi connectivity index (χ3v) is 2.39. The second-order valence-corrected chi connectivity index (χ2v) is 3.91. The number of aliphatic carboxylic acids is 1. The molecule has 0 unspecified atom stereocenters. The van der Waals surface area contributed by atoms with Crippen molar-refractivity contribution >= 4 is 12.0 Å². The van der Waals surface area contributed by atoms with Gasteiger partial charge in [-0.2, -0.15) is 0 Å². The molecule has 0 saturated heterocycles. The van der Waals surface area contributed by atoms with E-state index in [0.717, 1.165) is 28.5 Å². The summed E-state index contributed by atoms with van der Waals surface area (Å²) in [5, 5.41) is 8.58. The van der Waals surface area contributed by atoms with Gasteiger partial charge in [-0.05, 0) is 55.7 Å². The third kappa shape index (κ3) is 4.22.